The van der Waals surface area contributed by atoms with Crippen molar-refractivity contribution in [1.29, 1.82) is 0 Å². The molecule has 2 nitrogen and oxygen atoms in total. The van der Waals surface area contributed by atoms with Crippen LogP contribution < -0.4 is 0 Å². The van der Waals surface area contributed by atoms with Crippen molar-refractivity contribution in [3.05, 3.63) is 60.2 Å². The molecule has 0 atom stereocenters. The summed E-state index contributed by atoms with van der Waals surface area (Å²) in [5.41, 5.74) is 0.938. The van der Waals surface area contributed by atoms with E-state index in [0.29, 0.717) is 0 Å². The van der Waals surface area contributed by atoms with E-state index in [1.807, 2.05) is 6.07 Å². The summed E-state index contributed by atoms with van der Waals surface area (Å²) >= 11 is 0. The Kier molecular flexibility index (Phi) is 2.00. The third kappa shape index (κ3) is 1.34. The zero-order valence-electron chi connectivity index (χ0n) is 10.2. The molecule has 19 heavy (non-hydrogen) atoms. The van der Waals surface area contributed by atoms with Crippen LogP contribution in [-0.4, -0.2) is 11.4 Å². The summed E-state index contributed by atoms with van der Waals surface area (Å²) in [7, 11) is 0. The van der Waals surface area contributed by atoms with Crippen LogP contribution in [0, 0.1) is 0 Å². The lowest BCUT2D eigenvalue weighted by Gasteiger charge is -2.11. The van der Waals surface area contributed by atoms with Gasteiger partial charge in [0.25, 0.3) is 0 Å². The maximum absolute atomic E-state index is 8.79. The van der Waals surface area contributed by atoms with Crippen molar-refractivity contribution in [3.63, 3.8) is 0 Å². The molecule has 0 heterocycles. The maximum atomic E-state index is 8.79. The van der Waals surface area contributed by atoms with Gasteiger partial charge in [-0.05, 0) is 32.3 Å². The van der Waals surface area contributed by atoms with E-state index in [1.165, 1.54) is 33.1 Å². The van der Waals surface area contributed by atoms with Crippen LogP contribution in [0.5, 0.6) is 0 Å². The van der Waals surface area contributed by atoms with E-state index in [1.54, 1.807) is 0 Å². The van der Waals surface area contributed by atoms with Crippen LogP contribution in [0.3, 0.4) is 0 Å². The predicted octanol–water partition coefficient (Wildman–Crippen LogP) is 4.39. The molecule has 0 bridgehead atoms. The summed E-state index contributed by atoms with van der Waals surface area (Å²) in [6.07, 6.45) is 1.49. The lowest BCUT2D eigenvalue weighted by Crippen LogP contribution is -1.88. The number of oxime groups is 1. The molecule has 0 fully saturated rings. The topological polar surface area (TPSA) is 32.6 Å². The van der Waals surface area contributed by atoms with Gasteiger partial charge in [-0.1, -0.05) is 59.8 Å². The first-order valence-corrected chi connectivity index (χ1v) is 6.22. The molecule has 0 aliphatic heterocycles. The van der Waals surface area contributed by atoms with Crippen LogP contribution in [-0.2, 0) is 0 Å². The molecular weight excluding hydrogens is 234 g/mol. The molecule has 4 aromatic rings. The summed E-state index contributed by atoms with van der Waals surface area (Å²) in [6, 6.07) is 18.9. The third-order valence-corrected chi connectivity index (χ3v) is 3.76. The number of benzene rings is 4. The molecule has 90 valence electrons. The van der Waals surface area contributed by atoms with Crippen molar-refractivity contribution in [2.75, 3.05) is 0 Å². The average Bonchev–Trinajstić information content (AvgIpc) is 2.46. The summed E-state index contributed by atoms with van der Waals surface area (Å²) in [5.74, 6) is 0. The molecule has 0 aliphatic rings. The standard InChI is InChI=1S/C17H11NO/c19-18-10-14-7-6-13-5-4-11-2-1-3-12-8-9-15(14)17(13)16(11)12/h1-10,19H/b18-10+. The monoisotopic (exact) mass is 245 g/mol. The van der Waals surface area contributed by atoms with Gasteiger partial charge in [0, 0.05) is 5.56 Å². The largest absolute Gasteiger partial charge is 0.411 e. The summed E-state index contributed by atoms with van der Waals surface area (Å²) < 4.78 is 0. The predicted molar refractivity (Wildman–Crippen MR) is 79.5 cm³/mol. The van der Waals surface area contributed by atoms with Crippen molar-refractivity contribution < 1.29 is 5.21 Å². The fourth-order valence-electron chi connectivity index (χ4n) is 2.93. The molecule has 0 radical (unpaired) electrons. The van der Waals surface area contributed by atoms with E-state index < -0.39 is 0 Å². The minimum atomic E-state index is 0.938. The number of nitrogens with zero attached hydrogens (tertiary/aromatic N) is 1. The Labute approximate surface area is 109 Å². The normalized spacial score (nSPS) is 12.2. The second kappa shape index (κ2) is 3.69. The Balaban J connectivity index is 2.34. The highest BCUT2D eigenvalue weighted by atomic mass is 16.4. The molecule has 4 rings (SSSR count). The van der Waals surface area contributed by atoms with Crippen molar-refractivity contribution in [1.82, 2.24) is 0 Å². The van der Waals surface area contributed by atoms with Gasteiger partial charge >= 0.3 is 0 Å². The minimum absolute atomic E-state index is 0.938. The molecule has 0 amide bonds. The van der Waals surface area contributed by atoms with Gasteiger partial charge in [-0.3, -0.25) is 0 Å². The molecule has 0 aromatic heterocycles. The van der Waals surface area contributed by atoms with Gasteiger partial charge in [0.05, 0.1) is 6.21 Å². The number of hydrogen-bond donors (Lipinski definition) is 1. The molecule has 0 spiro atoms. The summed E-state index contributed by atoms with van der Waals surface area (Å²) in [4.78, 5) is 0. The number of hydrogen-bond acceptors (Lipinski definition) is 2. The van der Waals surface area contributed by atoms with E-state index in [-0.39, 0.29) is 0 Å². The van der Waals surface area contributed by atoms with Crippen LogP contribution in [0.1, 0.15) is 5.56 Å². The molecule has 2 heteroatoms. The lowest BCUT2D eigenvalue weighted by atomic mass is 9.92. The fourth-order valence-corrected chi connectivity index (χ4v) is 2.93. The van der Waals surface area contributed by atoms with Crippen LogP contribution >= 0.6 is 0 Å². The Morgan fingerprint density at radius 1 is 0.737 bits per heavy atom. The smallest absolute Gasteiger partial charge is 0.0740 e. The summed E-state index contributed by atoms with van der Waals surface area (Å²) in [5, 5.41) is 19.3. The minimum Gasteiger partial charge on any atom is -0.411 e. The maximum Gasteiger partial charge on any atom is 0.0740 e. The Bertz CT molecular complexity index is 909. The quantitative estimate of drug-likeness (QED) is 0.229. The van der Waals surface area contributed by atoms with E-state index in [0.717, 1.165) is 10.9 Å². The Hall–Kier alpha value is -2.61. The van der Waals surface area contributed by atoms with Gasteiger partial charge in [-0.15, -0.1) is 0 Å². The third-order valence-electron chi connectivity index (χ3n) is 3.76. The fraction of sp³-hybridized carbons (Fsp3) is 0. The van der Waals surface area contributed by atoms with Crippen molar-refractivity contribution in [2.45, 2.75) is 0 Å². The first-order valence-electron chi connectivity index (χ1n) is 6.22. The van der Waals surface area contributed by atoms with Crippen LogP contribution in [0.2, 0.25) is 0 Å². The van der Waals surface area contributed by atoms with E-state index in [9.17, 15) is 0 Å². The Morgan fingerprint density at radius 3 is 2.11 bits per heavy atom. The molecular formula is C17H11NO. The van der Waals surface area contributed by atoms with E-state index in [4.69, 9.17) is 5.21 Å². The van der Waals surface area contributed by atoms with Gasteiger partial charge in [-0.25, -0.2) is 0 Å². The SMILES string of the molecule is O/N=C/c1ccc2ccc3cccc4ccc1c2c34. The van der Waals surface area contributed by atoms with Crippen LogP contribution in [0.4, 0.5) is 0 Å². The molecule has 4 aromatic carbocycles. The highest BCUT2D eigenvalue weighted by molar-refractivity contribution is 6.25. The first kappa shape index (κ1) is 10.3. The van der Waals surface area contributed by atoms with E-state index in [2.05, 4.69) is 53.7 Å². The second-order valence-electron chi connectivity index (χ2n) is 4.76. The highest BCUT2D eigenvalue weighted by Crippen LogP contribution is 2.35. The molecule has 0 saturated carbocycles. The Morgan fingerprint density at radius 2 is 1.37 bits per heavy atom. The zero-order chi connectivity index (χ0) is 12.8. The van der Waals surface area contributed by atoms with Crippen LogP contribution in [0.25, 0.3) is 32.3 Å². The molecule has 0 aliphatic carbocycles. The van der Waals surface area contributed by atoms with Gasteiger partial charge in [-0.2, -0.15) is 0 Å². The van der Waals surface area contributed by atoms with Crippen molar-refractivity contribution in [2.24, 2.45) is 5.16 Å². The average molecular weight is 245 g/mol. The van der Waals surface area contributed by atoms with Crippen molar-refractivity contribution in [3.8, 4) is 0 Å². The lowest BCUT2D eigenvalue weighted by molar-refractivity contribution is 0.322. The molecule has 1 N–H and O–H groups in total. The second-order valence-corrected chi connectivity index (χ2v) is 4.76. The van der Waals surface area contributed by atoms with Crippen LogP contribution in [0.15, 0.2) is 59.8 Å². The van der Waals surface area contributed by atoms with Gasteiger partial charge < -0.3 is 5.21 Å². The number of rotatable bonds is 1. The first-order chi connectivity index (χ1) is 9.38. The molecule has 0 unspecified atom stereocenters. The molecule has 0 saturated heterocycles. The summed E-state index contributed by atoms with van der Waals surface area (Å²) in [6.45, 7) is 0. The van der Waals surface area contributed by atoms with Gasteiger partial charge in [0.2, 0.25) is 0 Å². The van der Waals surface area contributed by atoms with E-state index >= 15 is 0 Å². The highest BCUT2D eigenvalue weighted by Gasteiger charge is 2.09. The van der Waals surface area contributed by atoms with Crippen molar-refractivity contribution >= 4 is 38.5 Å². The van der Waals surface area contributed by atoms with Gasteiger partial charge in [0.15, 0.2) is 0 Å². The zero-order valence-corrected chi connectivity index (χ0v) is 10.2. The van der Waals surface area contributed by atoms with Gasteiger partial charge in [0.1, 0.15) is 0 Å².